The molecule has 2 aromatic carbocycles. The highest BCUT2D eigenvalue weighted by Crippen LogP contribution is 2.38. The van der Waals surface area contributed by atoms with Gasteiger partial charge in [0.15, 0.2) is 11.5 Å². The average molecular weight is 434 g/mol. The van der Waals surface area contributed by atoms with Crippen LogP contribution in [0.3, 0.4) is 0 Å². The SMILES string of the molecule is COc1cc(/C=C2\CCOC2=O)cc(NS(=O)(=O)c2ccc([N+](=O)[O-])cc2)c1OC. The summed E-state index contributed by atoms with van der Waals surface area (Å²) in [5.74, 6) is -0.0449. The van der Waals surface area contributed by atoms with Gasteiger partial charge in [0.25, 0.3) is 15.7 Å². The minimum atomic E-state index is -4.09. The molecule has 1 aliphatic rings. The standard InChI is InChI=1S/C19H18N2O8S/c1-27-17-11-12(9-13-7-8-29-19(13)22)10-16(18(17)28-2)20-30(25,26)15-5-3-14(4-6-15)21(23)24/h3-6,9-11,20H,7-8H2,1-2H3/b13-9+. The number of esters is 1. The number of methoxy groups -OCH3 is 2. The average Bonchev–Trinajstić information content (AvgIpc) is 3.11. The van der Waals surface area contributed by atoms with E-state index in [0.717, 1.165) is 24.3 Å². The second kappa shape index (κ2) is 8.41. The van der Waals surface area contributed by atoms with E-state index in [0.29, 0.717) is 17.6 Å². The summed E-state index contributed by atoms with van der Waals surface area (Å²) in [5, 5.41) is 10.8. The number of ether oxygens (including phenoxy) is 3. The van der Waals surface area contributed by atoms with E-state index in [1.54, 1.807) is 12.1 Å². The third-order valence-corrected chi connectivity index (χ3v) is 5.69. The molecule has 1 fully saturated rings. The summed E-state index contributed by atoms with van der Waals surface area (Å²) in [6.45, 7) is 0.289. The van der Waals surface area contributed by atoms with Gasteiger partial charge in [-0.3, -0.25) is 14.8 Å². The molecule has 0 aliphatic carbocycles. The molecule has 1 aliphatic heterocycles. The summed E-state index contributed by atoms with van der Waals surface area (Å²) >= 11 is 0. The van der Waals surface area contributed by atoms with Crippen LogP contribution in [0.2, 0.25) is 0 Å². The van der Waals surface area contributed by atoms with Crippen LogP contribution >= 0.6 is 0 Å². The van der Waals surface area contributed by atoms with Crippen LogP contribution in [-0.4, -0.2) is 40.1 Å². The van der Waals surface area contributed by atoms with Gasteiger partial charge in [0.1, 0.15) is 0 Å². The summed E-state index contributed by atoms with van der Waals surface area (Å²) in [4.78, 5) is 21.7. The normalized spacial score (nSPS) is 15.0. The van der Waals surface area contributed by atoms with Gasteiger partial charge in [-0.2, -0.15) is 0 Å². The zero-order chi connectivity index (χ0) is 21.9. The maximum atomic E-state index is 12.8. The molecule has 0 radical (unpaired) electrons. The van der Waals surface area contributed by atoms with Crippen LogP contribution < -0.4 is 14.2 Å². The molecule has 0 amide bonds. The summed E-state index contributed by atoms with van der Waals surface area (Å²) in [7, 11) is -1.34. The molecular weight excluding hydrogens is 416 g/mol. The second-order valence-electron chi connectivity index (χ2n) is 6.22. The number of hydrogen-bond donors (Lipinski definition) is 1. The molecule has 0 bridgehead atoms. The third-order valence-electron chi connectivity index (χ3n) is 4.31. The van der Waals surface area contributed by atoms with E-state index < -0.39 is 20.9 Å². The molecule has 2 aromatic rings. The number of rotatable bonds is 7. The first-order valence-corrected chi connectivity index (χ1v) is 10.1. The van der Waals surface area contributed by atoms with Crippen molar-refractivity contribution in [3.8, 4) is 11.5 Å². The largest absolute Gasteiger partial charge is 0.493 e. The van der Waals surface area contributed by atoms with Crippen LogP contribution in [0.15, 0.2) is 46.9 Å². The van der Waals surface area contributed by atoms with Crippen LogP contribution in [0.1, 0.15) is 12.0 Å². The molecule has 1 saturated heterocycles. The molecule has 11 heteroatoms. The monoisotopic (exact) mass is 434 g/mol. The fourth-order valence-electron chi connectivity index (χ4n) is 2.88. The molecule has 0 saturated carbocycles. The van der Waals surface area contributed by atoms with Crippen LogP contribution in [-0.2, 0) is 19.6 Å². The van der Waals surface area contributed by atoms with E-state index in [9.17, 15) is 23.3 Å². The number of anilines is 1. The highest BCUT2D eigenvalue weighted by atomic mass is 32.2. The first-order valence-electron chi connectivity index (χ1n) is 8.66. The predicted octanol–water partition coefficient (Wildman–Crippen LogP) is 2.74. The van der Waals surface area contributed by atoms with Crippen molar-refractivity contribution in [1.82, 2.24) is 0 Å². The molecule has 0 unspecified atom stereocenters. The number of carbonyl (C=O) groups is 1. The third kappa shape index (κ3) is 4.35. The quantitative estimate of drug-likeness (QED) is 0.304. The van der Waals surface area contributed by atoms with E-state index in [1.165, 1.54) is 20.3 Å². The van der Waals surface area contributed by atoms with Crippen LogP contribution in [0.25, 0.3) is 6.08 Å². The van der Waals surface area contributed by atoms with Crippen molar-refractivity contribution in [3.63, 3.8) is 0 Å². The Hall–Kier alpha value is -3.60. The Balaban J connectivity index is 2.01. The highest BCUT2D eigenvalue weighted by molar-refractivity contribution is 7.92. The van der Waals surface area contributed by atoms with Gasteiger partial charge < -0.3 is 14.2 Å². The van der Waals surface area contributed by atoms with Crippen molar-refractivity contribution in [2.24, 2.45) is 0 Å². The van der Waals surface area contributed by atoms with Gasteiger partial charge in [-0.25, -0.2) is 13.2 Å². The van der Waals surface area contributed by atoms with E-state index >= 15 is 0 Å². The van der Waals surface area contributed by atoms with Crippen LogP contribution in [0.4, 0.5) is 11.4 Å². The smallest absolute Gasteiger partial charge is 0.334 e. The highest BCUT2D eigenvalue weighted by Gasteiger charge is 2.22. The molecule has 3 rings (SSSR count). The molecule has 0 spiro atoms. The van der Waals surface area contributed by atoms with E-state index in [-0.39, 0.29) is 34.4 Å². The van der Waals surface area contributed by atoms with Crippen molar-refractivity contribution < 1.29 is 32.3 Å². The van der Waals surface area contributed by atoms with Crippen molar-refractivity contribution in [2.45, 2.75) is 11.3 Å². The Labute approximate surface area is 172 Å². The van der Waals surface area contributed by atoms with E-state index in [2.05, 4.69) is 4.72 Å². The van der Waals surface area contributed by atoms with Gasteiger partial charge in [-0.1, -0.05) is 0 Å². The lowest BCUT2D eigenvalue weighted by molar-refractivity contribution is -0.384. The number of hydrogen-bond acceptors (Lipinski definition) is 8. The first kappa shape index (κ1) is 21.1. The number of nitrogens with zero attached hydrogens (tertiary/aromatic N) is 1. The van der Waals surface area contributed by atoms with E-state index in [4.69, 9.17) is 14.2 Å². The number of non-ortho nitro benzene ring substituents is 1. The van der Waals surface area contributed by atoms with Gasteiger partial charge in [0, 0.05) is 24.1 Å². The van der Waals surface area contributed by atoms with Crippen molar-refractivity contribution in [1.29, 1.82) is 0 Å². The Bertz CT molecular complexity index is 1120. The van der Waals surface area contributed by atoms with Gasteiger partial charge in [0.2, 0.25) is 0 Å². The summed E-state index contributed by atoms with van der Waals surface area (Å²) in [5.41, 5.74) is 0.799. The molecule has 1 N–H and O–H groups in total. The van der Waals surface area contributed by atoms with Crippen molar-refractivity contribution in [2.75, 3.05) is 25.5 Å². The van der Waals surface area contributed by atoms with Crippen molar-refractivity contribution in [3.05, 3.63) is 57.6 Å². The molecule has 1 heterocycles. The predicted molar refractivity (Wildman–Crippen MR) is 107 cm³/mol. The fourth-order valence-corrected chi connectivity index (χ4v) is 3.93. The molecule has 10 nitrogen and oxygen atoms in total. The molecule has 158 valence electrons. The Kier molecular flexibility index (Phi) is 5.92. The Morgan fingerprint density at radius 3 is 2.40 bits per heavy atom. The van der Waals surface area contributed by atoms with Gasteiger partial charge in [-0.05, 0) is 35.9 Å². The lowest BCUT2D eigenvalue weighted by atomic mass is 10.1. The lowest BCUT2D eigenvalue weighted by Gasteiger charge is -2.16. The minimum Gasteiger partial charge on any atom is -0.493 e. The van der Waals surface area contributed by atoms with Gasteiger partial charge >= 0.3 is 5.97 Å². The van der Waals surface area contributed by atoms with Crippen LogP contribution in [0.5, 0.6) is 11.5 Å². The van der Waals surface area contributed by atoms with Gasteiger partial charge in [-0.15, -0.1) is 0 Å². The summed E-state index contributed by atoms with van der Waals surface area (Å²) in [6, 6.07) is 7.54. The van der Waals surface area contributed by atoms with Crippen molar-refractivity contribution >= 4 is 33.4 Å². The summed E-state index contributed by atoms with van der Waals surface area (Å²) < 4.78 is 43.5. The number of nitro groups is 1. The summed E-state index contributed by atoms with van der Waals surface area (Å²) in [6.07, 6.45) is 2.03. The molecule has 0 aromatic heterocycles. The number of nitro benzene ring substituents is 1. The number of cyclic esters (lactones) is 1. The Morgan fingerprint density at radius 1 is 1.17 bits per heavy atom. The number of sulfonamides is 1. The number of carbonyl (C=O) groups excluding carboxylic acids is 1. The number of nitrogens with one attached hydrogen (secondary N) is 1. The fraction of sp³-hybridized carbons (Fsp3) is 0.211. The maximum Gasteiger partial charge on any atom is 0.334 e. The van der Waals surface area contributed by atoms with Gasteiger partial charge in [0.05, 0.1) is 36.3 Å². The lowest BCUT2D eigenvalue weighted by Crippen LogP contribution is -2.14. The number of benzene rings is 2. The maximum absolute atomic E-state index is 12.8. The minimum absolute atomic E-state index is 0.0772. The van der Waals surface area contributed by atoms with Crippen LogP contribution in [0, 0.1) is 10.1 Å². The zero-order valence-corrected chi connectivity index (χ0v) is 16.9. The Morgan fingerprint density at radius 2 is 1.87 bits per heavy atom. The molecule has 30 heavy (non-hydrogen) atoms. The topological polar surface area (TPSA) is 134 Å². The van der Waals surface area contributed by atoms with E-state index in [1.807, 2.05) is 0 Å². The molecular formula is C19H18N2O8S. The first-order chi connectivity index (χ1) is 14.2. The second-order valence-corrected chi connectivity index (χ2v) is 7.90. The molecule has 0 atom stereocenters. The zero-order valence-electron chi connectivity index (χ0n) is 16.1.